The molecule has 5 heterocycles. The number of hydrogen-bond donors (Lipinski definition) is 3. The minimum absolute atomic E-state index is 0.0647. The highest BCUT2D eigenvalue weighted by molar-refractivity contribution is 5.95. The lowest BCUT2D eigenvalue weighted by Gasteiger charge is -2.31. The van der Waals surface area contributed by atoms with E-state index in [1.54, 1.807) is 23.6 Å². The maximum absolute atomic E-state index is 13.6. The van der Waals surface area contributed by atoms with Crippen LogP contribution in [-0.4, -0.2) is 53.2 Å². The summed E-state index contributed by atoms with van der Waals surface area (Å²) >= 11 is 0. The van der Waals surface area contributed by atoms with E-state index in [0.29, 0.717) is 41.4 Å². The quantitative estimate of drug-likeness (QED) is 0.166. The van der Waals surface area contributed by atoms with Gasteiger partial charge >= 0.3 is 5.97 Å². The second-order valence-corrected chi connectivity index (χ2v) is 9.73. The summed E-state index contributed by atoms with van der Waals surface area (Å²) < 4.78 is 23.4. The number of nitrogens with zero attached hydrogens (tertiary/aromatic N) is 2. The van der Waals surface area contributed by atoms with Crippen LogP contribution < -0.4 is 26.1 Å². The molecule has 0 saturated carbocycles. The molecular weight excluding hydrogens is 520 g/mol. The van der Waals surface area contributed by atoms with Gasteiger partial charge in [0.25, 0.3) is 5.56 Å². The van der Waals surface area contributed by atoms with E-state index in [-0.39, 0.29) is 62.2 Å². The maximum atomic E-state index is 13.6. The summed E-state index contributed by atoms with van der Waals surface area (Å²) in [4.78, 5) is 42.3. The van der Waals surface area contributed by atoms with Crippen LogP contribution in [0.15, 0.2) is 29.1 Å². The number of esters is 1. The molecule has 3 aromatic rings. The molecule has 0 radical (unpaired) electrons. The van der Waals surface area contributed by atoms with Gasteiger partial charge in [-0.05, 0) is 30.5 Å². The Morgan fingerprint density at radius 2 is 2.02 bits per heavy atom. The Kier molecular flexibility index (Phi) is 6.53. The summed E-state index contributed by atoms with van der Waals surface area (Å²) in [6.45, 7) is 2.19. The molecule has 12 heteroatoms. The third kappa shape index (κ3) is 4.12. The molecule has 4 N–H and O–H groups in total. The highest BCUT2D eigenvalue weighted by Crippen LogP contribution is 2.43. The van der Waals surface area contributed by atoms with Crippen LogP contribution in [-0.2, 0) is 37.8 Å². The number of nitrogens with two attached hydrogens (primary N) is 1. The summed E-state index contributed by atoms with van der Waals surface area (Å²) in [7, 11) is 0. The second kappa shape index (κ2) is 10.0. The number of carbonyl (C=O) groups excluding carboxylic acids is 2. The predicted octanol–water partition coefficient (Wildman–Crippen LogP) is 1.26. The van der Waals surface area contributed by atoms with Gasteiger partial charge in [-0.25, -0.2) is 9.78 Å². The van der Waals surface area contributed by atoms with Crippen LogP contribution in [0.4, 0.5) is 0 Å². The van der Waals surface area contributed by atoms with Gasteiger partial charge in [0.15, 0.2) is 17.1 Å². The Morgan fingerprint density at radius 3 is 2.80 bits per heavy atom. The van der Waals surface area contributed by atoms with Crippen molar-refractivity contribution in [2.24, 2.45) is 5.73 Å². The summed E-state index contributed by atoms with van der Waals surface area (Å²) in [5.74, 6) is 0.122. The summed E-state index contributed by atoms with van der Waals surface area (Å²) in [5, 5.41) is 14.5. The van der Waals surface area contributed by atoms with Crippen LogP contribution in [0.2, 0.25) is 0 Å². The minimum atomic E-state index is -1.90. The molecule has 12 nitrogen and oxygen atoms in total. The lowest BCUT2D eigenvalue weighted by atomic mass is 9.86. The lowest BCUT2D eigenvalue weighted by Crippen LogP contribution is -2.44. The van der Waals surface area contributed by atoms with Crippen molar-refractivity contribution >= 4 is 28.9 Å². The predicted molar refractivity (Wildman–Crippen MR) is 142 cm³/mol. The normalized spacial score (nSPS) is 18.5. The Hall–Kier alpha value is -4.26. The molecule has 3 aliphatic rings. The molecule has 0 bridgehead atoms. The third-order valence-corrected chi connectivity index (χ3v) is 7.50. The zero-order chi connectivity index (χ0) is 28.0. The molecule has 2 aromatic heterocycles. The van der Waals surface area contributed by atoms with Crippen molar-refractivity contribution in [2.45, 2.75) is 38.5 Å². The van der Waals surface area contributed by atoms with Crippen molar-refractivity contribution in [3.8, 4) is 22.9 Å². The first-order valence-corrected chi connectivity index (χ1v) is 13.0. The van der Waals surface area contributed by atoms with Crippen molar-refractivity contribution < 1.29 is 33.6 Å². The fourth-order valence-corrected chi connectivity index (χ4v) is 5.32. The first-order chi connectivity index (χ1) is 19.4. The number of pyridine rings is 2. The third-order valence-electron chi connectivity index (χ3n) is 7.50. The van der Waals surface area contributed by atoms with E-state index in [1.165, 1.54) is 0 Å². The Balaban J connectivity index is 1.42. The van der Waals surface area contributed by atoms with Crippen molar-refractivity contribution in [3.63, 3.8) is 0 Å². The zero-order valence-electron chi connectivity index (χ0n) is 21.8. The van der Waals surface area contributed by atoms with Gasteiger partial charge in [-0.2, -0.15) is 0 Å². The number of hydrogen-bond acceptors (Lipinski definition) is 10. The van der Waals surface area contributed by atoms with Gasteiger partial charge in [-0.3, -0.25) is 9.59 Å². The first-order valence-electron chi connectivity index (χ1n) is 13.0. The number of aliphatic hydroxyl groups is 1. The number of ether oxygens (including phenoxy) is 4. The first kappa shape index (κ1) is 26.0. The number of aromatic nitrogens is 2. The molecule has 1 aromatic carbocycles. The molecule has 0 aliphatic carbocycles. The van der Waals surface area contributed by atoms with E-state index in [9.17, 15) is 19.5 Å². The average molecular weight is 549 g/mol. The average Bonchev–Trinajstić information content (AvgIpc) is 3.57. The molecule has 0 fully saturated rings. The van der Waals surface area contributed by atoms with E-state index in [0.717, 1.165) is 16.5 Å². The van der Waals surface area contributed by atoms with Gasteiger partial charge < -0.3 is 39.7 Å². The van der Waals surface area contributed by atoms with Crippen LogP contribution in [0.25, 0.3) is 28.4 Å². The number of rotatable bonds is 8. The van der Waals surface area contributed by atoms with Gasteiger partial charge in [0.1, 0.15) is 13.3 Å². The van der Waals surface area contributed by atoms with Crippen molar-refractivity contribution in [1.82, 2.24) is 14.9 Å². The van der Waals surface area contributed by atoms with Crippen molar-refractivity contribution in [2.75, 3.05) is 26.7 Å². The fourth-order valence-electron chi connectivity index (χ4n) is 5.32. The van der Waals surface area contributed by atoms with Crippen LogP contribution in [0, 0.1) is 0 Å². The summed E-state index contributed by atoms with van der Waals surface area (Å²) in [6, 6.07) is 5.37. The number of carbonyl (C=O) groups is 2. The SMILES string of the molecule is CC[C@@]1(O)C(=O)OCc2c1cc1n(c2=O)Cc2c-1nc1cc3c(cc1c2/C=C/CCOCNC(=O)CN)OCO3. The molecular formula is C28H28N4O8. The van der Waals surface area contributed by atoms with E-state index in [2.05, 4.69) is 5.32 Å². The maximum Gasteiger partial charge on any atom is 0.343 e. The number of benzene rings is 1. The Labute approximate surface area is 228 Å². The smallest absolute Gasteiger partial charge is 0.343 e. The molecule has 40 heavy (non-hydrogen) atoms. The standard InChI is InChI=1S/C28H28N4O8/c1-2-28(36)19-8-21-25-17(11-32(21)26(34)18(19)12-38-27(28)35)15(5-3-4-6-37-13-30-24(33)10-29)16-7-22-23(40-14-39-22)9-20(16)31-25/h3,5,7-9,36H,2,4,6,10-14,29H2,1H3,(H,30,33)/b5-3+/t28-/m0/s1. The van der Waals surface area contributed by atoms with Crippen LogP contribution in [0.3, 0.4) is 0 Å². The lowest BCUT2D eigenvalue weighted by molar-refractivity contribution is -0.172. The minimum Gasteiger partial charge on any atom is -0.458 e. The Morgan fingerprint density at radius 1 is 1.23 bits per heavy atom. The molecule has 0 saturated heterocycles. The Bertz CT molecular complexity index is 1650. The fraction of sp³-hybridized carbons (Fsp3) is 0.357. The van der Waals surface area contributed by atoms with Crippen LogP contribution in [0.1, 0.15) is 42.0 Å². The van der Waals surface area contributed by atoms with E-state index < -0.39 is 11.6 Å². The topological polar surface area (TPSA) is 164 Å². The van der Waals surface area contributed by atoms with Gasteiger partial charge in [-0.1, -0.05) is 19.1 Å². The van der Waals surface area contributed by atoms with Gasteiger partial charge in [-0.15, -0.1) is 0 Å². The molecule has 1 atom stereocenters. The number of amides is 1. The largest absolute Gasteiger partial charge is 0.458 e. The molecule has 0 unspecified atom stereocenters. The monoisotopic (exact) mass is 548 g/mol. The molecule has 6 rings (SSSR count). The number of nitrogens with one attached hydrogen (secondary N) is 1. The van der Waals surface area contributed by atoms with Crippen LogP contribution >= 0.6 is 0 Å². The van der Waals surface area contributed by atoms with Gasteiger partial charge in [0, 0.05) is 22.6 Å². The second-order valence-electron chi connectivity index (χ2n) is 9.73. The van der Waals surface area contributed by atoms with Gasteiger partial charge in [0.05, 0.1) is 42.2 Å². The number of fused-ring (bicyclic) bond motifs is 6. The van der Waals surface area contributed by atoms with Crippen LogP contribution in [0.5, 0.6) is 11.5 Å². The molecule has 1 amide bonds. The summed E-state index contributed by atoms with van der Waals surface area (Å²) in [6.07, 6.45) is 4.53. The summed E-state index contributed by atoms with van der Waals surface area (Å²) in [5.41, 5.74) is 7.00. The van der Waals surface area contributed by atoms with E-state index in [4.69, 9.17) is 29.7 Å². The molecule has 3 aliphatic heterocycles. The van der Waals surface area contributed by atoms with Gasteiger partial charge in [0.2, 0.25) is 12.7 Å². The molecule has 208 valence electrons. The van der Waals surface area contributed by atoms with E-state index >= 15 is 0 Å². The number of cyclic esters (lactones) is 1. The van der Waals surface area contributed by atoms with E-state index in [1.807, 2.05) is 18.2 Å². The van der Waals surface area contributed by atoms with Crippen molar-refractivity contribution in [1.29, 1.82) is 0 Å². The molecule has 0 spiro atoms. The highest BCUT2D eigenvalue weighted by atomic mass is 16.7. The van der Waals surface area contributed by atoms with Crippen molar-refractivity contribution in [3.05, 3.63) is 56.9 Å². The highest BCUT2D eigenvalue weighted by Gasteiger charge is 2.45. The zero-order valence-corrected chi connectivity index (χ0v) is 21.8.